The van der Waals surface area contributed by atoms with Crippen LogP contribution in [0.5, 0.6) is 5.75 Å². The van der Waals surface area contributed by atoms with Gasteiger partial charge in [0.25, 0.3) is 0 Å². The van der Waals surface area contributed by atoms with Crippen LogP contribution in [0.4, 0.5) is 4.39 Å². The maximum absolute atomic E-state index is 13.5. The molecule has 4 N–H and O–H groups in total. The van der Waals surface area contributed by atoms with E-state index >= 15 is 0 Å². The molecule has 0 saturated heterocycles. The zero-order valence-corrected chi connectivity index (χ0v) is 13.1. The molecule has 0 spiro atoms. The van der Waals surface area contributed by atoms with Crippen molar-refractivity contribution in [3.8, 4) is 5.75 Å². The normalized spacial score (nSPS) is 12.0. The Morgan fingerprint density at radius 3 is 2.64 bits per heavy atom. The smallest absolute Gasteiger partial charge is 0.231 e. The standard InChI is InChI=1S/C15H21FN4O2/c1-15(2,3)12(18-4)7-13(17)20-14(22)6-11-10(16)5-9(21)8-19-11/h5,7-8,18,21H,6H2,1-4H3,(H2,17,20,22)/b12-7-. The van der Waals surface area contributed by atoms with Crippen LogP contribution in [0.1, 0.15) is 26.5 Å². The van der Waals surface area contributed by atoms with Crippen molar-refractivity contribution in [2.75, 3.05) is 7.05 Å². The van der Waals surface area contributed by atoms with E-state index in [1.54, 1.807) is 7.05 Å². The molecular formula is C15H21FN4O2. The minimum Gasteiger partial charge on any atom is -0.506 e. The van der Waals surface area contributed by atoms with Crippen molar-refractivity contribution in [2.24, 2.45) is 5.41 Å². The number of aromatic nitrogens is 1. The first-order chi connectivity index (χ1) is 10.1. The fourth-order valence-electron chi connectivity index (χ4n) is 1.78. The summed E-state index contributed by atoms with van der Waals surface area (Å²) in [5.74, 6) is -1.71. The Labute approximate surface area is 129 Å². The largest absolute Gasteiger partial charge is 0.506 e. The zero-order chi connectivity index (χ0) is 16.9. The quantitative estimate of drug-likeness (QED) is 0.503. The Morgan fingerprint density at radius 1 is 1.50 bits per heavy atom. The molecule has 1 rings (SSSR count). The SMILES string of the molecule is CN/C(=C\C(=N)NC(=O)Cc1ncc(O)cc1F)C(C)(C)C. The van der Waals surface area contributed by atoms with E-state index in [-0.39, 0.29) is 29.1 Å². The highest BCUT2D eigenvalue weighted by molar-refractivity contribution is 6.03. The lowest BCUT2D eigenvalue weighted by molar-refractivity contribution is -0.119. The molecule has 7 heteroatoms. The van der Waals surface area contributed by atoms with E-state index in [1.807, 2.05) is 20.8 Å². The number of halogens is 1. The molecule has 0 radical (unpaired) electrons. The van der Waals surface area contributed by atoms with Crippen LogP contribution in [-0.2, 0) is 11.2 Å². The summed E-state index contributed by atoms with van der Waals surface area (Å²) in [6.07, 6.45) is 2.26. The van der Waals surface area contributed by atoms with E-state index in [9.17, 15) is 9.18 Å². The summed E-state index contributed by atoms with van der Waals surface area (Å²) in [6, 6.07) is 0.888. The highest BCUT2D eigenvalue weighted by Gasteiger charge is 2.17. The average molecular weight is 308 g/mol. The van der Waals surface area contributed by atoms with Gasteiger partial charge in [0.1, 0.15) is 17.4 Å². The van der Waals surface area contributed by atoms with Gasteiger partial charge < -0.3 is 15.7 Å². The fraction of sp³-hybridized carbons (Fsp3) is 0.400. The number of rotatable bonds is 4. The van der Waals surface area contributed by atoms with Crippen LogP contribution in [0.25, 0.3) is 0 Å². The summed E-state index contributed by atoms with van der Waals surface area (Å²) in [5.41, 5.74) is 0.500. The molecule has 0 aromatic carbocycles. The Hall–Kier alpha value is -2.44. The molecule has 0 atom stereocenters. The topological polar surface area (TPSA) is 98.1 Å². The molecule has 120 valence electrons. The third-order valence-corrected chi connectivity index (χ3v) is 2.87. The van der Waals surface area contributed by atoms with Crippen molar-refractivity contribution in [3.63, 3.8) is 0 Å². The Kier molecular flexibility index (Phi) is 5.62. The van der Waals surface area contributed by atoms with Gasteiger partial charge in [-0.2, -0.15) is 0 Å². The summed E-state index contributed by atoms with van der Waals surface area (Å²) >= 11 is 0. The van der Waals surface area contributed by atoms with Crippen molar-refractivity contribution >= 4 is 11.7 Å². The molecule has 22 heavy (non-hydrogen) atoms. The van der Waals surface area contributed by atoms with Gasteiger partial charge in [-0.15, -0.1) is 0 Å². The van der Waals surface area contributed by atoms with E-state index in [0.717, 1.165) is 18.0 Å². The Bertz CT molecular complexity index is 606. The van der Waals surface area contributed by atoms with Crippen LogP contribution in [-0.4, -0.2) is 28.9 Å². The van der Waals surface area contributed by atoms with E-state index < -0.39 is 11.7 Å². The van der Waals surface area contributed by atoms with Gasteiger partial charge in [-0.05, 0) is 6.08 Å². The second-order valence-corrected chi connectivity index (χ2v) is 5.82. The van der Waals surface area contributed by atoms with Crippen molar-refractivity contribution in [3.05, 3.63) is 35.5 Å². The average Bonchev–Trinajstić information content (AvgIpc) is 2.37. The van der Waals surface area contributed by atoms with Crippen LogP contribution in [0.2, 0.25) is 0 Å². The molecule has 0 saturated carbocycles. The van der Waals surface area contributed by atoms with Crippen molar-refractivity contribution in [2.45, 2.75) is 27.2 Å². The first kappa shape index (κ1) is 17.6. The van der Waals surface area contributed by atoms with E-state index in [4.69, 9.17) is 10.5 Å². The Morgan fingerprint density at radius 2 is 2.14 bits per heavy atom. The molecule has 1 heterocycles. The second-order valence-electron chi connectivity index (χ2n) is 5.82. The summed E-state index contributed by atoms with van der Waals surface area (Å²) in [4.78, 5) is 15.5. The third kappa shape index (κ3) is 5.16. The molecule has 0 fully saturated rings. The molecular weight excluding hydrogens is 287 g/mol. The van der Waals surface area contributed by atoms with E-state index in [1.165, 1.54) is 6.08 Å². The number of hydrogen-bond acceptors (Lipinski definition) is 5. The van der Waals surface area contributed by atoms with Gasteiger partial charge in [-0.1, -0.05) is 20.8 Å². The van der Waals surface area contributed by atoms with E-state index in [2.05, 4.69) is 15.6 Å². The van der Waals surface area contributed by atoms with E-state index in [0.29, 0.717) is 0 Å². The van der Waals surface area contributed by atoms with Crippen LogP contribution in [0.15, 0.2) is 24.0 Å². The number of nitrogens with zero attached hydrogens (tertiary/aromatic N) is 1. The molecule has 0 aliphatic rings. The number of hydrogen-bond donors (Lipinski definition) is 4. The minimum atomic E-state index is -0.761. The number of amidine groups is 1. The molecule has 0 unspecified atom stereocenters. The summed E-state index contributed by atoms with van der Waals surface area (Å²) < 4.78 is 13.5. The van der Waals surface area contributed by atoms with Crippen LogP contribution < -0.4 is 10.6 Å². The van der Waals surface area contributed by atoms with Gasteiger partial charge in [0.2, 0.25) is 5.91 Å². The molecule has 0 aliphatic heterocycles. The second kappa shape index (κ2) is 7.02. The van der Waals surface area contributed by atoms with Crippen molar-refractivity contribution < 1.29 is 14.3 Å². The first-order valence-corrected chi connectivity index (χ1v) is 6.75. The van der Waals surface area contributed by atoms with Crippen LogP contribution in [0.3, 0.4) is 0 Å². The summed E-state index contributed by atoms with van der Waals surface area (Å²) in [6.45, 7) is 5.92. The van der Waals surface area contributed by atoms with Gasteiger partial charge in [0, 0.05) is 24.2 Å². The Balaban J connectivity index is 2.72. The summed E-state index contributed by atoms with van der Waals surface area (Å²) in [5, 5.41) is 22.2. The van der Waals surface area contributed by atoms with Crippen molar-refractivity contribution in [1.29, 1.82) is 5.41 Å². The minimum absolute atomic E-state index is 0.0864. The number of carbonyl (C=O) groups excluding carboxylic acids is 1. The number of allylic oxidation sites excluding steroid dienone is 1. The highest BCUT2D eigenvalue weighted by Crippen LogP contribution is 2.22. The predicted molar refractivity (Wildman–Crippen MR) is 82.0 cm³/mol. The van der Waals surface area contributed by atoms with Gasteiger partial charge in [0.15, 0.2) is 0 Å². The monoisotopic (exact) mass is 308 g/mol. The lowest BCUT2D eigenvalue weighted by Gasteiger charge is -2.22. The first-order valence-electron chi connectivity index (χ1n) is 6.75. The molecule has 1 aromatic rings. The molecule has 1 aromatic heterocycles. The van der Waals surface area contributed by atoms with Gasteiger partial charge in [0.05, 0.1) is 18.3 Å². The maximum atomic E-state index is 13.5. The summed E-state index contributed by atoms with van der Waals surface area (Å²) in [7, 11) is 1.74. The number of nitrogens with one attached hydrogen (secondary N) is 3. The fourth-order valence-corrected chi connectivity index (χ4v) is 1.78. The van der Waals surface area contributed by atoms with Gasteiger partial charge in [-0.3, -0.25) is 15.2 Å². The highest BCUT2D eigenvalue weighted by atomic mass is 19.1. The van der Waals surface area contributed by atoms with Crippen LogP contribution >= 0.6 is 0 Å². The number of pyridine rings is 1. The molecule has 1 amide bonds. The molecule has 6 nitrogen and oxygen atoms in total. The molecule has 0 aliphatic carbocycles. The third-order valence-electron chi connectivity index (χ3n) is 2.87. The zero-order valence-electron chi connectivity index (χ0n) is 13.1. The van der Waals surface area contributed by atoms with Crippen LogP contribution in [0, 0.1) is 16.6 Å². The molecule has 0 bridgehead atoms. The lowest BCUT2D eigenvalue weighted by atomic mass is 9.91. The van der Waals surface area contributed by atoms with Gasteiger partial charge in [-0.25, -0.2) is 4.39 Å². The maximum Gasteiger partial charge on any atom is 0.231 e. The number of amides is 1. The lowest BCUT2D eigenvalue weighted by Crippen LogP contribution is -2.32. The van der Waals surface area contributed by atoms with Gasteiger partial charge >= 0.3 is 0 Å². The van der Waals surface area contributed by atoms with Crippen molar-refractivity contribution in [1.82, 2.24) is 15.6 Å². The number of carbonyl (C=O) groups is 1. The number of aromatic hydroxyl groups is 1. The predicted octanol–water partition coefficient (Wildman–Crippen LogP) is 1.71.